The molecule has 0 saturated heterocycles. The predicted molar refractivity (Wildman–Crippen MR) is 197 cm³/mol. The Kier molecular flexibility index (Phi) is 6.27. The molecule has 1 aliphatic rings. The summed E-state index contributed by atoms with van der Waals surface area (Å²) in [6.07, 6.45) is 0.979. The zero-order valence-corrected chi connectivity index (χ0v) is 26.9. The fourth-order valence-corrected chi connectivity index (χ4v) is 9.52. The maximum atomic E-state index is 2.54. The third-order valence-electron chi connectivity index (χ3n) is 10.3. The van der Waals surface area contributed by atoms with Crippen LogP contribution >= 0.6 is 11.3 Å². The summed E-state index contributed by atoms with van der Waals surface area (Å²) < 4.78 is 2.75. The van der Waals surface area contributed by atoms with Crippen molar-refractivity contribution >= 4 is 42.3 Å². The van der Waals surface area contributed by atoms with Crippen molar-refractivity contribution < 1.29 is 0 Å². The lowest BCUT2D eigenvalue weighted by Gasteiger charge is -2.34. The Morgan fingerprint density at radius 1 is 0.565 bits per heavy atom. The monoisotopic (exact) mass is 606 g/mol. The van der Waals surface area contributed by atoms with Crippen molar-refractivity contribution in [2.45, 2.75) is 31.6 Å². The molecule has 9 rings (SSSR count). The third-order valence-corrected chi connectivity index (χ3v) is 11.5. The van der Waals surface area contributed by atoms with E-state index < -0.39 is 5.41 Å². The first-order valence-corrected chi connectivity index (χ1v) is 17.1. The zero-order chi connectivity index (χ0) is 30.8. The van der Waals surface area contributed by atoms with Crippen molar-refractivity contribution in [1.29, 1.82) is 0 Å². The first-order valence-electron chi connectivity index (χ1n) is 16.3. The SMILES string of the molecule is Cc1cc2c(c3ccccc13)-c1ccc(CC(C)c3cccc4sc5ccccc5c34)cc1C2(c1ccccc1)c1ccccc1. The highest BCUT2D eigenvalue weighted by Gasteiger charge is 2.47. The Bertz CT molecular complexity index is 2370. The van der Waals surface area contributed by atoms with Gasteiger partial charge in [0.1, 0.15) is 0 Å². The van der Waals surface area contributed by atoms with Crippen molar-refractivity contribution in [3.05, 3.63) is 191 Å². The molecule has 220 valence electrons. The smallest absolute Gasteiger partial charge is 0.0713 e. The van der Waals surface area contributed by atoms with Crippen LogP contribution in [0.5, 0.6) is 0 Å². The summed E-state index contributed by atoms with van der Waals surface area (Å²) in [6, 6.07) is 56.9. The average Bonchev–Trinajstić information content (AvgIpc) is 3.63. The normalized spacial score (nSPS) is 14.0. The van der Waals surface area contributed by atoms with Gasteiger partial charge in [-0.1, -0.05) is 146 Å². The van der Waals surface area contributed by atoms with Crippen LogP contribution in [0.4, 0.5) is 0 Å². The van der Waals surface area contributed by atoms with E-state index in [2.05, 4.69) is 166 Å². The van der Waals surface area contributed by atoms with Crippen LogP contribution in [0, 0.1) is 6.92 Å². The highest BCUT2D eigenvalue weighted by Crippen LogP contribution is 2.58. The number of benzene rings is 7. The van der Waals surface area contributed by atoms with Gasteiger partial charge in [-0.2, -0.15) is 0 Å². The molecule has 0 nitrogen and oxygen atoms in total. The first kappa shape index (κ1) is 27.3. The second-order valence-electron chi connectivity index (χ2n) is 12.9. The quantitative estimate of drug-likeness (QED) is 0.183. The molecule has 0 radical (unpaired) electrons. The molecule has 46 heavy (non-hydrogen) atoms. The Morgan fingerprint density at radius 3 is 1.93 bits per heavy atom. The molecule has 1 heterocycles. The molecular weight excluding hydrogens is 573 g/mol. The molecule has 8 aromatic rings. The summed E-state index contributed by atoms with van der Waals surface area (Å²) >= 11 is 1.91. The Balaban J connectivity index is 1.28. The van der Waals surface area contributed by atoms with Gasteiger partial charge in [-0.3, -0.25) is 0 Å². The summed E-state index contributed by atoms with van der Waals surface area (Å²) in [7, 11) is 0. The Labute approximate surface area is 274 Å². The van der Waals surface area contributed by atoms with E-state index in [0.717, 1.165) is 6.42 Å². The van der Waals surface area contributed by atoms with E-state index in [0.29, 0.717) is 5.92 Å². The van der Waals surface area contributed by atoms with Crippen molar-refractivity contribution in [3.8, 4) is 11.1 Å². The molecule has 0 saturated carbocycles. The minimum atomic E-state index is -0.412. The fourth-order valence-electron chi connectivity index (χ4n) is 8.38. The van der Waals surface area contributed by atoms with Crippen molar-refractivity contribution in [2.24, 2.45) is 0 Å². The number of thiophene rings is 1. The van der Waals surface area contributed by atoms with Crippen LogP contribution in [-0.2, 0) is 11.8 Å². The second kappa shape index (κ2) is 10.5. The summed E-state index contributed by atoms with van der Waals surface area (Å²) in [5.74, 6) is 0.370. The largest absolute Gasteiger partial charge is 0.135 e. The van der Waals surface area contributed by atoms with E-state index in [1.54, 1.807) is 0 Å². The number of aryl methyl sites for hydroxylation is 1. The van der Waals surface area contributed by atoms with Crippen LogP contribution in [0.3, 0.4) is 0 Å². The molecule has 1 aliphatic carbocycles. The van der Waals surface area contributed by atoms with Crippen LogP contribution in [0.15, 0.2) is 152 Å². The van der Waals surface area contributed by atoms with Gasteiger partial charge in [0.2, 0.25) is 0 Å². The van der Waals surface area contributed by atoms with E-state index in [4.69, 9.17) is 0 Å². The molecule has 1 heteroatoms. The van der Waals surface area contributed by atoms with Gasteiger partial charge in [0.15, 0.2) is 0 Å². The van der Waals surface area contributed by atoms with Crippen LogP contribution in [0.2, 0.25) is 0 Å². The Morgan fingerprint density at radius 2 is 1.20 bits per heavy atom. The Hall–Kier alpha value is -4.98. The average molecular weight is 607 g/mol. The van der Waals surface area contributed by atoms with Gasteiger partial charge in [0.25, 0.3) is 0 Å². The van der Waals surface area contributed by atoms with Gasteiger partial charge < -0.3 is 0 Å². The third kappa shape index (κ3) is 3.92. The van der Waals surface area contributed by atoms with E-state index in [-0.39, 0.29) is 0 Å². The van der Waals surface area contributed by atoms with Gasteiger partial charge in [0.05, 0.1) is 5.41 Å². The van der Waals surface area contributed by atoms with Gasteiger partial charge in [0, 0.05) is 20.2 Å². The van der Waals surface area contributed by atoms with Crippen molar-refractivity contribution in [1.82, 2.24) is 0 Å². The highest BCUT2D eigenvalue weighted by atomic mass is 32.1. The lowest BCUT2D eigenvalue weighted by atomic mass is 9.67. The van der Waals surface area contributed by atoms with Crippen LogP contribution in [0.1, 0.15) is 51.8 Å². The predicted octanol–water partition coefficient (Wildman–Crippen LogP) is 12.2. The summed E-state index contributed by atoms with van der Waals surface area (Å²) in [5.41, 5.74) is 11.9. The minimum Gasteiger partial charge on any atom is -0.135 e. The van der Waals surface area contributed by atoms with Gasteiger partial charge in [-0.05, 0) is 92.2 Å². The van der Waals surface area contributed by atoms with Gasteiger partial charge in [-0.25, -0.2) is 0 Å². The summed E-state index contributed by atoms with van der Waals surface area (Å²) in [6.45, 7) is 4.68. The lowest BCUT2D eigenvalue weighted by molar-refractivity contribution is 0.748. The molecule has 1 unspecified atom stereocenters. The molecule has 0 aliphatic heterocycles. The molecule has 1 atom stereocenters. The van der Waals surface area contributed by atoms with Crippen LogP contribution in [0.25, 0.3) is 42.1 Å². The number of fused-ring (bicyclic) bond motifs is 8. The fraction of sp³-hybridized carbons (Fsp3) is 0.111. The molecule has 0 fully saturated rings. The van der Waals surface area contributed by atoms with E-state index in [1.807, 2.05) is 11.3 Å². The molecular formula is C45H34S. The van der Waals surface area contributed by atoms with Gasteiger partial charge in [-0.15, -0.1) is 11.3 Å². The molecule has 0 spiro atoms. The number of hydrogen-bond acceptors (Lipinski definition) is 1. The molecule has 0 amide bonds. The number of rotatable bonds is 5. The molecule has 7 aromatic carbocycles. The maximum absolute atomic E-state index is 2.54. The van der Waals surface area contributed by atoms with Crippen molar-refractivity contribution in [2.75, 3.05) is 0 Å². The van der Waals surface area contributed by atoms with Crippen LogP contribution < -0.4 is 0 Å². The summed E-state index contributed by atoms with van der Waals surface area (Å²) in [5, 5.41) is 5.47. The zero-order valence-electron chi connectivity index (χ0n) is 26.1. The van der Waals surface area contributed by atoms with Crippen molar-refractivity contribution in [3.63, 3.8) is 0 Å². The van der Waals surface area contributed by atoms with Gasteiger partial charge >= 0.3 is 0 Å². The lowest BCUT2D eigenvalue weighted by Crippen LogP contribution is -2.28. The maximum Gasteiger partial charge on any atom is 0.0713 e. The topological polar surface area (TPSA) is 0 Å². The molecule has 0 N–H and O–H groups in total. The molecule has 0 bridgehead atoms. The highest BCUT2D eigenvalue weighted by molar-refractivity contribution is 7.25. The minimum absolute atomic E-state index is 0.370. The van der Waals surface area contributed by atoms with E-state index in [9.17, 15) is 0 Å². The molecule has 1 aromatic heterocycles. The number of hydrogen-bond donors (Lipinski definition) is 0. The van der Waals surface area contributed by atoms with E-state index in [1.165, 1.54) is 81.0 Å². The summed E-state index contributed by atoms with van der Waals surface area (Å²) in [4.78, 5) is 0. The second-order valence-corrected chi connectivity index (χ2v) is 14.0. The van der Waals surface area contributed by atoms with E-state index >= 15 is 0 Å². The first-order chi connectivity index (χ1) is 22.6. The van der Waals surface area contributed by atoms with Crippen LogP contribution in [-0.4, -0.2) is 0 Å². The standard InChI is InChI=1S/C45H34S/c1-29(35-21-13-23-42-44(35)38-20-11-12-22-41(38)46-42)26-31-24-25-37-39(28-31)45(32-14-5-3-6-15-32,33-16-7-4-8-17-33)40-27-30(2)34-18-9-10-19-36(34)43(37)40/h3-25,27-29H,26H2,1-2H3.